The highest BCUT2D eigenvalue weighted by molar-refractivity contribution is 14.1. The summed E-state index contributed by atoms with van der Waals surface area (Å²) in [5.74, 6) is -0.467. The number of aromatic nitrogens is 1. The van der Waals surface area contributed by atoms with E-state index >= 15 is 0 Å². The van der Waals surface area contributed by atoms with Gasteiger partial charge in [0, 0.05) is 11.6 Å². The SMILES string of the molecule is COc1cc(OC(F)(F)F)c(CC#N)c(I)n1. The van der Waals surface area contributed by atoms with Crippen LogP contribution in [0.5, 0.6) is 11.6 Å². The summed E-state index contributed by atoms with van der Waals surface area (Å²) in [5.41, 5.74) is 0.0891. The summed E-state index contributed by atoms with van der Waals surface area (Å²) in [5, 5.41) is 8.54. The first kappa shape index (κ1) is 13.8. The molecule has 1 heterocycles. The molecule has 0 aliphatic carbocycles. The minimum Gasteiger partial charge on any atom is -0.481 e. The molecule has 0 aliphatic heterocycles. The van der Waals surface area contributed by atoms with Crippen LogP contribution in [0.1, 0.15) is 5.56 Å². The third-order valence-corrected chi connectivity index (χ3v) is 2.59. The zero-order valence-corrected chi connectivity index (χ0v) is 10.7. The van der Waals surface area contributed by atoms with Crippen molar-refractivity contribution in [2.24, 2.45) is 0 Å². The van der Waals surface area contributed by atoms with Gasteiger partial charge in [-0.1, -0.05) is 0 Å². The largest absolute Gasteiger partial charge is 0.573 e. The monoisotopic (exact) mass is 358 g/mol. The third-order valence-electron chi connectivity index (χ3n) is 1.70. The van der Waals surface area contributed by atoms with Gasteiger partial charge < -0.3 is 9.47 Å². The van der Waals surface area contributed by atoms with Crippen LogP contribution in [0.4, 0.5) is 13.2 Å². The van der Waals surface area contributed by atoms with Crippen LogP contribution < -0.4 is 9.47 Å². The lowest BCUT2D eigenvalue weighted by molar-refractivity contribution is -0.274. The molecule has 17 heavy (non-hydrogen) atoms. The topological polar surface area (TPSA) is 55.1 Å². The van der Waals surface area contributed by atoms with Gasteiger partial charge in [0.2, 0.25) is 5.88 Å². The van der Waals surface area contributed by atoms with E-state index in [1.807, 2.05) is 0 Å². The van der Waals surface area contributed by atoms with Crippen molar-refractivity contribution in [3.05, 3.63) is 15.3 Å². The number of alkyl halides is 3. The second-order valence-electron chi connectivity index (χ2n) is 2.81. The highest BCUT2D eigenvalue weighted by Crippen LogP contribution is 2.31. The van der Waals surface area contributed by atoms with Crippen molar-refractivity contribution in [3.8, 4) is 17.7 Å². The molecular weight excluding hydrogens is 352 g/mol. The number of hydrogen-bond acceptors (Lipinski definition) is 4. The minimum atomic E-state index is -4.82. The molecule has 92 valence electrons. The van der Waals surface area contributed by atoms with E-state index in [-0.39, 0.29) is 21.6 Å². The van der Waals surface area contributed by atoms with Crippen LogP contribution in [-0.4, -0.2) is 18.5 Å². The van der Waals surface area contributed by atoms with Gasteiger partial charge in [-0.25, -0.2) is 4.98 Å². The van der Waals surface area contributed by atoms with Crippen LogP contribution in [0.3, 0.4) is 0 Å². The van der Waals surface area contributed by atoms with E-state index < -0.39 is 12.1 Å². The van der Waals surface area contributed by atoms with Crippen molar-refractivity contribution in [1.29, 1.82) is 5.26 Å². The maximum absolute atomic E-state index is 12.2. The van der Waals surface area contributed by atoms with E-state index in [1.54, 1.807) is 28.7 Å². The Morgan fingerprint density at radius 3 is 2.65 bits per heavy atom. The van der Waals surface area contributed by atoms with Gasteiger partial charge in [0.1, 0.15) is 9.45 Å². The summed E-state index contributed by atoms with van der Waals surface area (Å²) in [6.45, 7) is 0. The highest BCUT2D eigenvalue weighted by Gasteiger charge is 2.33. The fraction of sp³-hybridized carbons (Fsp3) is 0.333. The van der Waals surface area contributed by atoms with E-state index in [2.05, 4.69) is 9.72 Å². The van der Waals surface area contributed by atoms with Gasteiger partial charge in [0.05, 0.1) is 19.6 Å². The molecule has 1 aromatic heterocycles. The Hall–Kier alpha value is -1.24. The molecule has 0 unspecified atom stereocenters. The molecule has 0 spiro atoms. The second-order valence-corrected chi connectivity index (χ2v) is 3.84. The maximum Gasteiger partial charge on any atom is 0.573 e. The van der Waals surface area contributed by atoms with Gasteiger partial charge in [-0.3, -0.25) is 0 Å². The number of rotatable bonds is 3. The van der Waals surface area contributed by atoms with Crippen molar-refractivity contribution >= 4 is 22.6 Å². The molecule has 0 aliphatic rings. The zero-order valence-electron chi connectivity index (χ0n) is 8.51. The minimum absolute atomic E-state index is 0.00432. The van der Waals surface area contributed by atoms with E-state index in [0.29, 0.717) is 0 Å². The van der Waals surface area contributed by atoms with Gasteiger partial charge >= 0.3 is 6.36 Å². The van der Waals surface area contributed by atoms with Gasteiger partial charge in [-0.05, 0) is 22.6 Å². The van der Waals surface area contributed by atoms with Crippen LogP contribution in [0, 0.1) is 15.0 Å². The number of methoxy groups -OCH3 is 1. The average molecular weight is 358 g/mol. The average Bonchev–Trinajstić information content (AvgIpc) is 2.20. The molecule has 0 radical (unpaired) electrons. The van der Waals surface area contributed by atoms with Crippen LogP contribution in [-0.2, 0) is 6.42 Å². The summed E-state index contributed by atoms with van der Waals surface area (Å²) in [4.78, 5) is 3.87. The third kappa shape index (κ3) is 3.92. The van der Waals surface area contributed by atoms with Gasteiger partial charge in [0.15, 0.2) is 0 Å². The molecule has 0 fully saturated rings. The van der Waals surface area contributed by atoms with Crippen LogP contribution in [0.15, 0.2) is 6.07 Å². The van der Waals surface area contributed by atoms with Crippen LogP contribution in [0.2, 0.25) is 0 Å². The highest BCUT2D eigenvalue weighted by atomic mass is 127. The van der Waals surface area contributed by atoms with Crippen molar-refractivity contribution < 1.29 is 22.6 Å². The molecule has 0 atom stereocenters. The van der Waals surface area contributed by atoms with Gasteiger partial charge in [-0.2, -0.15) is 5.26 Å². The Balaban J connectivity index is 3.23. The summed E-state index contributed by atoms with van der Waals surface area (Å²) in [7, 11) is 1.28. The Bertz CT molecular complexity index is 457. The molecule has 0 bridgehead atoms. The lowest BCUT2D eigenvalue weighted by atomic mass is 10.2. The molecule has 1 rings (SSSR count). The molecule has 0 N–H and O–H groups in total. The van der Waals surface area contributed by atoms with Crippen molar-refractivity contribution in [2.75, 3.05) is 7.11 Å². The molecule has 0 saturated heterocycles. The van der Waals surface area contributed by atoms with E-state index in [4.69, 9.17) is 10.00 Å². The Morgan fingerprint density at radius 2 is 2.18 bits per heavy atom. The predicted octanol–water partition coefficient (Wildman–Crippen LogP) is 2.66. The van der Waals surface area contributed by atoms with Crippen molar-refractivity contribution in [1.82, 2.24) is 4.98 Å². The fourth-order valence-corrected chi connectivity index (χ4v) is 1.75. The standard InChI is InChI=1S/C9H6F3IN2O2/c1-16-7-4-6(17-9(10,11)12)5(2-3-14)8(13)15-7/h4H,2H2,1H3. The maximum atomic E-state index is 12.2. The number of pyridine rings is 1. The molecule has 8 heteroatoms. The van der Waals surface area contributed by atoms with Crippen LogP contribution in [0.25, 0.3) is 0 Å². The molecule has 0 aromatic carbocycles. The lowest BCUT2D eigenvalue weighted by Gasteiger charge is -2.13. The Labute approximate surface area is 108 Å². The number of halogens is 4. The van der Waals surface area contributed by atoms with E-state index in [0.717, 1.165) is 6.07 Å². The van der Waals surface area contributed by atoms with Crippen LogP contribution >= 0.6 is 22.6 Å². The van der Waals surface area contributed by atoms with Crippen molar-refractivity contribution in [3.63, 3.8) is 0 Å². The summed E-state index contributed by atoms with van der Waals surface area (Å²) in [6.07, 6.45) is -5.04. The predicted molar refractivity (Wildman–Crippen MR) is 59.5 cm³/mol. The lowest BCUT2D eigenvalue weighted by Crippen LogP contribution is -2.18. The molecule has 4 nitrogen and oxygen atoms in total. The number of nitrogens with zero attached hydrogens (tertiary/aromatic N) is 2. The molecule has 0 saturated carbocycles. The molecular formula is C9H6F3IN2O2. The summed E-state index contributed by atoms with van der Waals surface area (Å²) in [6, 6.07) is 2.76. The first-order chi connectivity index (χ1) is 7.87. The van der Waals surface area contributed by atoms with Gasteiger partial charge in [-0.15, -0.1) is 13.2 Å². The first-order valence-corrected chi connectivity index (χ1v) is 5.31. The molecule has 0 amide bonds. The van der Waals surface area contributed by atoms with Gasteiger partial charge in [0.25, 0.3) is 0 Å². The first-order valence-electron chi connectivity index (χ1n) is 4.23. The molecule has 1 aromatic rings. The second kappa shape index (κ2) is 5.39. The smallest absolute Gasteiger partial charge is 0.481 e. The number of ether oxygens (including phenoxy) is 2. The van der Waals surface area contributed by atoms with E-state index in [1.165, 1.54) is 7.11 Å². The Kier molecular flexibility index (Phi) is 4.39. The normalized spacial score (nSPS) is 10.8. The fourth-order valence-electron chi connectivity index (χ4n) is 1.06. The summed E-state index contributed by atoms with van der Waals surface area (Å²) < 4.78 is 45.3. The number of nitriles is 1. The quantitative estimate of drug-likeness (QED) is 0.616. The zero-order chi connectivity index (χ0) is 13.1. The van der Waals surface area contributed by atoms with Crippen molar-refractivity contribution in [2.45, 2.75) is 12.8 Å². The Morgan fingerprint density at radius 1 is 1.53 bits per heavy atom. The summed E-state index contributed by atoms with van der Waals surface area (Å²) >= 11 is 1.72. The van der Waals surface area contributed by atoms with E-state index in [9.17, 15) is 13.2 Å². The number of hydrogen-bond donors (Lipinski definition) is 0.